The van der Waals surface area contributed by atoms with Gasteiger partial charge in [0.15, 0.2) is 0 Å². The van der Waals surface area contributed by atoms with Crippen LogP contribution in [0, 0.1) is 11.3 Å². The van der Waals surface area contributed by atoms with Crippen LogP contribution in [-0.2, 0) is 9.53 Å². The molecule has 116 valence electrons. The summed E-state index contributed by atoms with van der Waals surface area (Å²) in [5, 5.41) is 13.9. The maximum atomic E-state index is 11.9. The van der Waals surface area contributed by atoms with Gasteiger partial charge in [-0.3, -0.25) is 9.59 Å². The standard InChI is InChI=1S/C15H18N4O3/c1-22-8-4-7-18-14(20)11(9-16)10-19-15(21)12-5-2-3-6-13(12)17/h2-3,5-6,10H,4,7-8,17H2,1H3,(H,18,20)(H,19,21)/b11-10-. The van der Waals surface area contributed by atoms with Crippen LogP contribution in [0.25, 0.3) is 0 Å². The zero-order valence-electron chi connectivity index (χ0n) is 12.3. The lowest BCUT2D eigenvalue weighted by Crippen LogP contribution is -2.28. The van der Waals surface area contributed by atoms with E-state index in [1.54, 1.807) is 37.4 Å². The van der Waals surface area contributed by atoms with Gasteiger partial charge >= 0.3 is 0 Å². The molecule has 0 aliphatic heterocycles. The van der Waals surface area contributed by atoms with Crippen molar-refractivity contribution in [2.45, 2.75) is 6.42 Å². The Morgan fingerprint density at radius 3 is 2.77 bits per heavy atom. The molecule has 0 aliphatic rings. The van der Waals surface area contributed by atoms with E-state index in [2.05, 4.69) is 10.6 Å². The number of nitrogens with two attached hydrogens (primary N) is 1. The van der Waals surface area contributed by atoms with E-state index in [9.17, 15) is 9.59 Å². The second kappa shape index (κ2) is 9.15. The molecule has 0 atom stereocenters. The van der Waals surface area contributed by atoms with Crippen LogP contribution in [0.15, 0.2) is 36.0 Å². The Bertz CT molecular complexity index is 605. The number of nitriles is 1. The van der Waals surface area contributed by atoms with Gasteiger partial charge in [-0.25, -0.2) is 0 Å². The third-order valence-corrected chi connectivity index (χ3v) is 2.73. The Morgan fingerprint density at radius 2 is 2.14 bits per heavy atom. The first kappa shape index (κ1) is 17.2. The lowest BCUT2D eigenvalue weighted by atomic mass is 10.1. The minimum Gasteiger partial charge on any atom is -0.398 e. The van der Waals surface area contributed by atoms with Gasteiger partial charge in [-0.15, -0.1) is 0 Å². The molecule has 0 saturated carbocycles. The SMILES string of the molecule is COCCCNC(=O)/C(C#N)=C\NC(=O)c1ccccc1N. The lowest BCUT2D eigenvalue weighted by molar-refractivity contribution is -0.117. The monoisotopic (exact) mass is 302 g/mol. The van der Waals surface area contributed by atoms with E-state index < -0.39 is 11.8 Å². The van der Waals surface area contributed by atoms with Crippen molar-refractivity contribution < 1.29 is 14.3 Å². The molecule has 7 heteroatoms. The summed E-state index contributed by atoms with van der Waals surface area (Å²) < 4.78 is 4.85. The summed E-state index contributed by atoms with van der Waals surface area (Å²) in [4.78, 5) is 23.6. The van der Waals surface area contributed by atoms with Gasteiger partial charge in [0.25, 0.3) is 11.8 Å². The molecule has 0 radical (unpaired) electrons. The molecule has 7 nitrogen and oxygen atoms in total. The highest BCUT2D eigenvalue weighted by Crippen LogP contribution is 2.09. The predicted octanol–water partition coefficient (Wildman–Crippen LogP) is 0.559. The van der Waals surface area contributed by atoms with Crippen molar-refractivity contribution in [2.24, 2.45) is 0 Å². The quantitative estimate of drug-likeness (QED) is 0.294. The van der Waals surface area contributed by atoms with E-state index in [4.69, 9.17) is 15.7 Å². The van der Waals surface area contributed by atoms with Crippen molar-refractivity contribution in [3.8, 4) is 6.07 Å². The normalized spacial score (nSPS) is 10.6. The van der Waals surface area contributed by atoms with Crippen LogP contribution in [0.1, 0.15) is 16.8 Å². The Kier molecular flexibility index (Phi) is 7.16. The van der Waals surface area contributed by atoms with E-state index in [0.29, 0.717) is 25.3 Å². The van der Waals surface area contributed by atoms with Crippen LogP contribution in [0.2, 0.25) is 0 Å². The number of rotatable bonds is 7. The van der Waals surface area contributed by atoms with Crippen molar-refractivity contribution in [2.75, 3.05) is 26.0 Å². The molecule has 0 heterocycles. The molecule has 1 aromatic carbocycles. The number of nitrogen functional groups attached to an aromatic ring is 1. The minimum absolute atomic E-state index is 0.194. The van der Waals surface area contributed by atoms with Gasteiger partial charge < -0.3 is 21.1 Å². The van der Waals surface area contributed by atoms with Gasteiger partial charge in [0.2, 0.25) is 0 Å². The first-order chi connectivity index (χ1) is 10.6. The largest absolute Gasteiger partial charge is 0.398 e. The Labute approximate surface area is 128 Å². The van der Waals surface area contributed by atoms with Crippen molar-refractivity contribution in [3.05, 3.63) is 41.6 Å². The number of carbonyl (C=O) groups excluding carboxylic acids is 2. The fraction of sp³-hybridized carbons (Fsp3) is 0.267. The van der Waals surface area contributed by atoms with Crippen LogP contribution in [-0.4, -0.2) is 32.1 Å². The van der Waals surface area contributed by atoms with Gasteiger partial charge in [-0.1, -0.05) is 12.1 Å². The zero-order chi connectivity index (χ0) is 16.4. The number of amides is 2. The highest BCUT2D eigenvalue weighted by molar-refractivity contribution is 6.01. The van der Waals surface area contributed by atoms with Crippen molar-refractivity contribution in [1.82, 2.24) is 10.6 Å². The molecule has 0 unspecified atom stereocenters. The molecular formula is C15H18N4O3. The van der Waals surface area contributed by atoms with Crippen LogP contribution in [0.3, 0.4) is 0 Å². The number of carbonyl (C=O) groups is 2. The molecule has 0 bridgehead atoms. The molecule has 0 aliphatic carbocycles. The number of benzene rings is 1. The summed E-state index contributed by atoms with van der Waals surface area (Å²) in [5.74, 6) is -1.04. The number of nitrogens with one attached hydrogen (secondary N) is 2. The Morgan fingerprint density at radius 1 is 1.41 bits per heavy atom. The van der Waals surface area contributed by atoms with Crippen molar-refractivity contribution in [1.29, 1.82) is 5.26 Å². The van der Waals surface area contributed by atoms with E-state index in [1.807, 2.05) is 0 Å². The minimum atomic E-state index is -0.556. The van der Waals surface area contributed by atoms with Crippen LogP contribution in [0.5, 0.6) is 0 Å². The maximum absolute atomic E-state index is 11.9. The van der Waals surface area contributed by atoms with E-state index in [-0.39, 0.29) is 11.1 Å². The molecule has 2 amide bonds. The number of anilines is 1. The molecule has 22 heavy (non-hydrogen) atoms. The van der Waals surface area contributed by atoms with Gasteiger partial charge in [-0.05, 0) is 18.6 Å². The summed E-state index contributed by atoms with van der Waals surface area (Å²) >= 11 is 0. The number of hydrogen-bond donors (Lipinski definition) is 3. The highest BCUT2D eigenvalue weighted by Gasteiger charge is 2.11. The molecule has 0 aromatic heterocycles. The van der Waals surface area contributed by atoms with E-state index >= 15 is 0 Å². The summed E-state index contributed by atoms with van der Waals surface area (Å²) in [6.07, 6.45) is 1.70. The summed E-state index contributed by atoms with van der Waals surface area (Å²) in [5.41, 5.74) is 6.07. The number of methoxy groups -OCH3 is 1. The topological polar surface area (TPSA) is 117 Å². The van der Waals surface area contributed by atoms with E-state index in [0.717, 1.165) is 6.20 Å². The van der Waals surface area contributed by atoms with Gasteiger partial charge in [0.05, 0.1) is 5.56 Å². The fourth-order valence-corrected chi connectivity index (χ4v) is 1.58. The third kappa shape index (κ3) is 5.26. The lowest BCUT2D eigenvalue weighted by Gasteiger charge is -2.05. The molecule has 1 rings (SSSR count). The van der Waals surface area contributed by atoms with Gasteiger partial charge in [0, 0.05) is 32.1 Å². The molecule has 0 saturated heterocycles. The predicted molar refractivity (Wildman–Crippen MR) is 81.5 cm³/mol. The molecule has 0 spiro atoms. The Balaban J connectivity index is 2.62. The summed E-state index contributed by atoms with van der Waals surface area (Å²) in [6.45, 7) is 0.890. The van der Waals surface area contributed by atoms with Gasteiger partial charge in [-0.2, -0.15) is 5.26 Å². The summed E-state index contributed by atoms with van der Waals surface area (Å²) in [7, 11) is 1.56. The number of nitrogens with zero attached hydrogens (tertiary/aromatic N) is 1. The Hall–Kier alpha value is -2.85. The zero-order valence-corrected chi connectivity index (χ0v) is 12.3. The van der Waals surface area contributed by atoms with Crippen molar-refractivity contribution in [3.63, 3.8) is 0 Å². The maximum Gasteiger partial charge on any atom is 0.263 e. The molecular weight excluding hydrogens is 284 g/mol. The van der Waals surface area contributed by atoms with Crippen LogP contribution < -0.4 is 16.4 Å². The third-order valence-electron chi connectivity index (χ3n) is 2.73. The number of para-hydroxylation sites is 1. The van der Waals surface area contributed by atoms with Gasteiger partial charge in [0.1, 0.15) is 11.6 Å². The second-order valence-electron chi connectivity index (χ2n) is 4.33. The fourth-order valence-electron chi connectivity index (χ4n) is 1.58. The first-order valence-electron chi connectivity index (χ1n) is 6.63. The average molecular weight is 302 g/mol. The van der Waals surface area contributed by atoms with E-state index in [1.165, 1.54) is 0 Å². The highest BCUT2D eigenvalue weighted by atomic mass is 16.5. The average Bonchev–Trinajstić information content (AvgIpc) is 2.52. The van der Waals surface area contributed by atoms with Crippen molar-refractivity contribution >= 4 is 17.5 Å². The number of ether oxygens (including phenoxy) is 1. The molecule has 0 fully saturated rings. The molecule has 4 N–H and O–H groups in total. The smallest absolute Gasteiger partial charge is 0.263 e. The van der Waals surface area contributed by atoms with Crippen LogP contribution >= 0.6 is 0 Å². The second-order valence-corrected chi connectivity index (χ2v) is 4.33. The van der Waals surface area contributed by atoms with Crippen LogP contribution in [0.4, 0.5) is 5.69 Å². The molecule has 1 aromatic rings. The summed E-state index contributed by atoms with van der Waals surface area (Å²) in [6, 6.07) is 8.25. The first-order valence-corrected chi connectivity index (χ1v) is 6.63. The number of hydrogen-bond acceptors (Lipinski definition) is 5.